The molecule has 112 valence electrons. The van der Waals surface area contributed by atoms with E-state index in [2.05, 4.69) is 11.8 Å². The van der Waals surface area contributed by atoms with E-state index in [0.29, 0.717) is 13.2 Å². The SMILES string of the molecule is CCCOc1ccc(CN)c(OCCN2CCCC2)c1. The third-order valence-corrected chi connectivity index (χ3v) is 3.60. The van der Waals surface area contributed by atoms with Gasteiger partial charge < -0.3 is 15.2 Å². The molecule has 1 fully saturated rings. The van der Waals surface area contributed by atoms with Crippen molar-refractivity contribution in [1.82, 2.24) is 4.90 Å². The summed E-state index contributed by atoms with van der Waals surface area (Å²) in [5.74, 6) is 1.72. The van der Waals surface area contributed by atoms with Crippen LogP contribution in [0.5, 0.6) is 11.5 Å². The van der Waals surface area contributed by atoms with Crippen LogP contribution in [0, 0.1) is 0 Å². The van der Waals surface area contributed by atoms with Crippen LogP contribution in [0.15, 0.2) is 18.2 Å². The third-order valence-electron chi connectivity index (χ3n) is 3.60. The van der Waals surface area contributed by atoms with Gasteiger partial charge in [0.1, 0.15) is 18.1 Å². The fourth-order valence-corrected chi connectivity index (χ4v) is 2.44. The highest BCUT2D eigenvalue weighted by Crippen LogP contribution is 2.25. The summed E-state index contributed by atoms with van der Waals surface area (Å²) in [4.78, 5) is 2.44. The van der Waals surface area contributed by atoms with Crippen molar-refractivity contribution < 1.29 is 9.47 Å². The second-order valence-corrected chi connectivity index (χ2v) is 5.22. The lowest BCUT2D eigenvalue weighted by Crippen LogP contribution is -2.25. The van der Waals surface area contributed by atoms with Crippen molar-refractivity contribution in [3.05, 3.63) is 23.8 Å². The van der Waals surface area contributed by atoms with Gasteiger partial charge >= 0.3 is 0 Å². The summed E-state index contributed by atoms with van der Waals surface area (Å²) in [6, 6.07) is 5.92. The average Bonchev–Trinajstić information content (AvgIpc) is 2.98. The van der Waals surface area contributed by atoms with E-state index >= 15 is 0 Å². The lowest BCUT2D eigenvalue weighted by Gasteiger charge is -2.17. The molecule has 0 amide bonds. The maximum Gasteiger partial charge on any atom is 0.127 e. The number of hydrogen-bond acceptors (Lipinski definition) is 4. The lowest BCUT2D eigenvalue weighted by molar-refractivity contribution is 0.235. The Labute approximate surface area is 121 Å². The van der Waals surface area contributed by atoms with Crippen molar-refractivity contribution >= 4 is 0 Å². The summed E-state index contributed by atoms with van der Waals surface area (Å²) >= 11 is 0. The van der Waals surface area contributed by atoms with Gasteiger partial charge in [-0.05, 0) is 38.4 Å². The van der Waals surface area contributed by atoms with Crippen molar-refractivity contribution in [2.24, 2.45) is 5.73 Å². The van der Waals surface area contributed by atoms with Crippen LogP contribution in [0.1, 0.15) is 31.7 Å². The van der Waals surface area contributed by atoms with Crippen LogP contribution in [-0.4, -0.2) is 37.7 Å². The topological polar surface area (TPSA) is 47.7 Å². The number of ether oxygens (including phenoxy) is 2. The minimum absolute atomic E-state index is 0.493. The number of nitrogens with zero attached hydrogens (tertiary/aromatic N) is 1. The van der Waals surface area contributed by atoms with Crippen molar-refractivity contribution in [1.29, 1.82) is 0 Å². The highest BCUT2D eigenvalue weighted by molar-refractivity contribution is 5.40. The molecule has 1 aromatic rings. The summed E-state index contributed by atoms with van der Waals surface area (Å²) in [6.07, 6.45) is 3.63. The first-order valence-corrected chi connectivity index (χ1v) is 7.64. The van der Waals surface area contributed by atoms with Gasteiger partial charge in [0.25, 0.3) is 0 Å². The summed E-state index contributed by atoms with van der Waals surface area (Å²) in [7, 11) is 0. The Morgan fingerprint density at radius 3 is 2.65 bits per heavy atom. The van der Waals surface area contributed by atoms with E-state index in [1.165, 1.54) is 25.9 Å². The molecule has 20 heavy (non-hydrogen) atoms. The first-order valence-electron chi connectivity index (χ1n) is 7.64. The minimum atomic E-state index is 0.493. The molecule has 1 aromatic carbocycles. The summed E-state index contributed by atoms with van der Waals surface area (Å²) in [6.45, 7) is 7.43. The van der Waals surface area contributed by atoms with Crippen molar-refractivity contribution in [3.63, 3.8) is 0 Å². The zero-order valence-corrected chi connectivity index (χ0v) is 12.4. The zero-order chi connectivity index (χ0) is 14.2. The highest BCUT2D eigenvalue weighted by atomic mass is 16.5. The Bertz CT molecular complexity index is 403. The standard InChI is InChI=1S/C16H26N2O2/c1-2-10-19-15-6-5-14(13-17)16(12-15)20-11-9-18-7-3-4-8-18/h5-6,12H,2-4,7-11,13,17H2,1H3. The minimum Gasteiger partial charge on any atom is -0.493 e. The van der Waals surface area contributed by atoms with Gasteiger partial charge in [-0.25, -0.2) is 0 Å². The summed E-state index contributed by atoms with van der Waals surface area (Å²) in [5.41, 5.74) is 6.80. The van der Waals surface area contributed by atoms with Gasteiger partial charge in [0.2, 0.25) is 0 Å². The van der Waals surface area contributed by atoms with E-state index in [-0.39, 0.29) is 0 Å². The zero-order valence-electron chi connectivity index (χ0n) is 12.4. The molecule has 4 nitrogen and oxygen atoms in total. The lowest BCUT2D eigenvalue weighted by atomic mass is 10.2. The van der Waals surface area contributed by atoms with Crippen LogP contribution in [0.25, 0.3) is 0 Å². The molecule has 0 aliphatic carbocycles. The molecule has 0 radical (unpaired) electrons. The molecule has 0 spiro atoms. The van der Waals surface area contributed by atoms with Crippen LogP contribution < -0.4 is 15.2 Å². The first-order chi connectivity index (χ1) is 9.83. The van der Waals surface area contributed by atoms with Crippen LogP contribution in [0.4, 0.5) is 0 Å². The molecular weight excluding hydrogens is 252 g/mol. The third kappa shape index (κ3) is 4.39. The average molecular weight is 278 g/mol. The molecule has 0 bridgehead atoms. The van der Waals surface area contributed by atoms with Gasteiger partial charge in [-0.15, -0.1) is 0 Å². The van der Waals surface area contributed by atoms with Gasteiger partial charge in [-0.3, -0.25) is 4.90 Å². The van der Waals surface area contributed by atoms with Crippen molar-refractivity contribution in [2.45, 2.75) is 32.7 Å². The van der Waals surface area contributed by atoms with Gasteiger partial charge in [-0.2, -0.15) is 0 Å². The molecule has 1 aliphatic rings. The predicted octanol–water partition coefficient (Wildman–Crippen LogP) is 2.41. The molecule has 0 atom stereocenters. The first kappa shape index (κ1) is 15.1. The smallest absolute Gasteiger partial charge is 0.127 e. The molecule has 1 saturated heterocycles. The maximum atomic E-state index is 5.91. The van der Waals surface area contributed by atoms with E-state index < -0.39 is 0 Å². The van der Waals surface area contributed by atoms with Gasteiger partial charge in [-0.1, -0.05) is 13.0 Å². The number of rotatable bonds is 8. The van der Waals surface area contributed by atoms with Crippen molar-refractivity contribution in [2.75, 3.05) is 32.8 Å². The second-order valence-electron chi connectivity index (χ2n) is 5.22. The summed E-state index contributed by atoms with van der Waals surface area (Å²) in [5, 5.41) is 0. The van der Waals surface area contributed by atoms with Gasteiger partial charge in [0.05, 0.1) is 6.61 Å². The van der Waals surface area contributed by atoms with E-state index in [4.69, 9.17) is 15.2 Å². The maximum absolute atomic E-state index is 5.91. The molecule has 1 heterocycles. The fraction of sp³-hybridized carbons (Fsp3) is 0.625. The molecule has 2 rings (SSSR count). The molecular formula is C16H26N2O2. The van der Waals surface area contributed by atoms with Crippen LogP contribution in [0.3, 0.4) is 0 Å². The monoisotopic (exact) mass is 278 g/mol. The molecule has 1 aliphatic heterocycles. The Hall–Kier alpha value is -1.26. The molecule has 4 heteroatoms. The predicted molar refractivity (Wildman–Crippen MR) is 81.3 cm³/mol. The van der Waals surface area contributed by atoms with Crippen molar-refractivity contribution in [3.8, 4) is 11.5 Å². The van der Waals surface area contributed by atoms with Gasteiger partial charge in [0.15, 0.2) is 0 Å². The van der Waals surface area contributed by atoms with E-state index in [0.717, 1.165) is 36.6 Å². The number of hydrogen-bond donors (Lipinski definition) is 1. The quantitative estimate of drug-likeness (QED) is 0.793. The summed E-state index contributed by atoms with van der Waals surface area (Å²) < 4.78 is 11.6. The fourth-order valence-electron chi connectivity index (χ4n) is 2.44. The molecule has 2 N–H and O–H groups in total. The van der Waals surface area contributed by atoms with E-state index in [1.807, 2.05) is 18.2 Å². The Balaban J connectivity index is 1.89. The second kappa shape index (κ2) is 8.12. The van der Waals surface area contributed by atoms with Crippen LogP contribution >= 0.6 is 0 Å². The normalized spacial score (nSPS) is 15.5. The van der Waals surface area contributed by atoms with Crippen LogP contribution in [0.2, 0.25) is 0 Å². The molecule has 0 saturated carbocycles. The Morgan fingerprint density at radius 1 is 1.15 bits per heavy atom. The van der Waals surface area contributed by atoms with Crippen LogP contribution in [-0.2, 0) is 6.54 Å². The Kier molecular flexibility index (Phi) is 6.15. The molecule has 0 unspecified atom stereocenters. The number of likely N-dealkylation sites (tertiary alicyclic amines) is 1. The largest absolute Gasteiger partial charge is 0.493 e. The number of benzene rings is 1. The van der Waals surface area contributed by atoms with E-state index in [1.54, 1.807) is 0 Å². The van der Waals surface area contributed by atoms with Gasteiger partial charge in [0, 0.05) is 24.7 Å². The van der Waals surface area contributed by atoms with E-state index in [9.17, 15) is 0 Å². The molecule has 0 aromatic heterocycles. The Morgan fingerprint density at radius 2 is 1.95 bits per heavy atom. The number of nitrogens with two attached hydrogens (primary N) is 1. The highest BCUT2D eigenvalue weighted by Gasteiger charge is 2.11.